The van der Waals surface area contributed by atoms with Gasteiger partial charge >= 0.3 is 0 Å². The van der Waals surface area contributed by atoms with Crippen LogP contribution in [0.25, 0.3) is 0 Å². The normalized spacial score (nSPS) is 13.2. The van der Waals surface area contributed by atoms with E-state index in [9.17, 15) is 15.0 Å². The monoisotopic (exact) mass is 273 g/mol. The molecule has 0 radical (unpaired) electrons. The van der Waals surface area contributed by atoms with Crippen molar-refractivity contribution in [2.75, 3.05) is 5.32 Å². The van der Waals surface area contributed by atoms with Crippen LogP contribution >= 0.6 is 11.6 Å². The minimum atomic E-state index is -1.30. The maximum absolute atomic E-state index is 10.9. The van der Waals surface area contributed by atoms with Crippen LogP contribution in [0.15, 0.2) is 12.1 Å². The first-order valence-corrected chi connectivity index (χ1v) is 5.71. The molecule has 0 aliphatic rings. The second kappa shape index (κ2) is 5.56. The van der Waals surface area contributed by atoms with Gasteiger partial charge in [0.2, 0.25) is 6.41 Å². The van der Waals surface area contributed by atoms with Gasteiger partial charge in [-0.1, -0.05) is 11.6 Å². The van der Waals surface area contributed by atoms with E-state index in [0.717, 1.165) is 0 Å². The lowest BCUT2D eigenvalue weighted by Crippen LogP contribution is -2.32. The third-order valence-corrected chi connectivity index (χ3v) is 2.29. The van der Waals surface area contributed by atoms with Crippen LogP contribution < -0.4 is 5.32 Å². The molecule has 1 unspecified atom stereocenters. The summed E-state index contributed by atoms with van der Waals surface area (Å²) >= 11 is 5.68. The molecule has 1 rings (SSSR count). The van der Waals surface area contributed by atoms with Crippen molar-refractivity contribution in [3.05, 3.63) is 22.7 Å². The minimum Gasteiger partial charge on any atom is -0.506 e. The van der Waals surface area contributed by atoms with Crippen molar-refractivity contribution in [3.8, 4) is 5.75 Å². The highest BCUT2D eigenvalue weighted by molar-refractivity contribution is 6.32. The molecule has 0 saturated heterocycles. The lowest BCUT2D eigenvalue weighted by molar-refractivity contribution is -0.148. The number of halogens is 1. The average molecular weight is 274 g/mol. The first kappa shape index (κ1) is 14.8. The maximum atomic E-state index is 10.9. The van der Waals surface area contributed by atoms with Gasteiger partial charge in [-0.15, -0.1) is 0 Å². The van der Waals surface area contributed by atoms with Crippen molar-refractivity contribution in [1.29, 1.82) is 0 Å². The zero-order valence-electron chi connectivity index (χ0n) is 10.4. The van der Waals surface area contributed by atoms with E-state index in [2.05, 4.69) is 5.32 Å². The van der Waals surface area contributed by atoms with E-state index in [4.69, 9.17) is 16.3 Å². The molecule has 0 aliphatic heterocycles. The number of phenols is 1. The standard InChI is InChI=1S/C12H16ClNO4/c1-12(2,3)18-11(17)14-9-5-10(16)8(13)4-7(9)6-15/h4-6,11,14,16-17H,1-3H3. The predicted molar refractivity (Wildman–Crippen MR) is 69.0 cm³/mol. The van der Waals surface area contributed by atoms with Crippen LogP contribution in [0.4, 0.5) is 5.69 Å². The molecule has 0 saturated carbocycles. The molecule has 1 aromatic carbocycles. The maximum Gasteiger partial charge on any atom is 0.235 e. The first-order valence-electron chi connectivity index (χ1n) is 5.33. The molecule has 100 valence electrons. The fourth-order valence-electron chi connectivity index (χ4n) is 1.30. The van der Waals surface area contributed by atoms with Crippen molar-refractivity contribution in [1.82, 2.24) is 0 Å². The van der Waals surface area contributed by atoms with Gasteiger partial charge in [0.25, 0.3) is 0 Å². The molecule has 1 atom stereocenters. The number of aldehydes is 1. The molecule has 3 N–H and O–H groups in total. The number of carbonyl (C=O) groups is 1. The molecular formula is C12H16ClNO4. The summed E-state index contributed by atoms with van der Waals surface area (Å²) in [6.07, 6.45) is -0.735. The summed E-state index contributed by atoms with van der Waals surface area (Å²) in [5.74, 6) is -0.187. The SMILES string of the molecule is CC(C)(C)OC(O)Nc1cc(O)c(Cl)cc1C=O. The molecule has 0 aromatic heterocycles. The molecule has 1 aromatic rings. The van der Waals surface area contributed by atoms with Crippen LogP contribution in [0.2, 0.25) is 5.02 Å². The number of aliphatic hydroxyl groups is 1. The van der Waals surface area contributed by atoms with Crippen LogP contribution in [0.5, 0.6) is 5.75 Å². The van der Waals surface area contributed by atoms with Crippen molar-refractivity contribution >= 4 is 23.6 Å². The van der Waals surface area contributed by atoms with E-state index < -0.39 is 12.0 Å². The molecule has 0 heterocycles. The van der Waals surface area contributed by atoms with Gasteiger partial charge in [-0.2, -0.15) is 0 Å². The molecule has 0 fully saturated rings. The van der Waals surface area contributed by atoms with Crippen LogP contribution in [0.1, 0.15) is 31.1 Å². The van der Waals surface area contributed by atoms with Crippen molar-refractivity contribution in [2.45, 2.75) is 32.8 Å². The van der Waals surface area contributed by atoms with Gasteiger partial charge < -0.3 is 20.3 Å². The van der Waals surface area contributed by atoms with E-state index in [0.29, 0.717) is 6.29 Å². The number of aromatic hydroxyl groups is 1. The van der Waals surface area contributed by atoms with Crippen molar-refractivity contribution < 1.29 is 19.7 Å². The summed E-state index contributed by atoms with van der Waals surface area (Å²) in [6.45, 7) is 5.33. The van der Waals surface area contributed by atoms with Gasteiger partial charge in [0, 0.05) is 11.6 Å². The Morgan fingerprint density at radius 1 is 1.44 bits per heavy atom. The average Bonchev–Trinajstić information content (AvgIpc) is 2.20. The van der Waals surface area contributed by atoms with E-state index in [-0.39, 0.29) is 22.0 Å². The summed E-state index contributed by atoms with van der Waals surface area (Å²) < 4.78 is 5.23. The van der Waals surface area contributed by atoms with E-state index in [1.807, 2.05) is 0 Å². The smallest absolute Gasteiger partial charge is 0.235 e. The number of nitrogens with one attached hydrogen (secondary N) is 1. The van der Waals surface area contributed by atoms with Crippen LogP contribution in [0.3, 0.4) is 0 Å². The highest BCUT2D eigenvalue weighted by Crippen LogP contribution is 2.30. The molecule has 5 nitrogen and oxygen atoms in total. The van der Waals surface area contributed by atoms with Crippen molar-refractivity contribution in [2.24, 2.45) is 0 Å². The van der Waals surface area contributed by atoms with Gasteiger partial charge in [0.05, 0.1) is 16.3 Å². The lowest BCUT2D eigenvalue weighted by atomic mass is 10.2. The number of hydrogen-bond acceptors (Lipinski definition) is 5. The van der Waals surface area contributed by atoms with Crippen LogP contribution in [-0.2, 0) is 4.74 Å². The Morgan fingerprint density at radius 3 is 2.56 bits per heavy atom. The van der Waals surface area contributed by atoms with E-state index >= 15 is 0 Å². The quantitative estimate of drug-likeness (QED) is 0.580. The van der Waals surface area contributed by atoms with Gasteiger partial charge in [0.15, 0.2) is 6.29 Å². The zero-order chi connectivity index (χ0) is 13.9. The minimum absolute atomic E-state index is 0.0638. The molecule has 0 bridgehead atoms. The second-order valence-electron chi connectivity index (χ2n) is 4.74. The Labute approximate surface area is 110 Å². The number of rotatable bonds is 4. The molecule has 0 spiro atoms. The topological polar surface area (TPSA) is 78.8 Å². The third-order valence-electron chi connectivity index (χ3n) is 1.99. The van der Waals surface area contributed by atoms with Crippen LogP contribution in [0, 0.1) is 0 Å². The Balaban J connectivity index is 2.90. The van der Waals surface area contributed by atoms with Crippen molar-refractivity contribution in [3.63, 3.8) is 0 Å². The fraction of sp³-hybridized carbons (Fsp3) is 0.417. The number of phenolic OH excluding ortho intramolecular Hbond substituents is 1. The first-order chi connectivity index (χ1) is 8.23. The lowest BCUT2D eigenvalue weighted by Gasteiger charge is -2.25. The summed E-state index contributed by atoms with van der Waals surface area (Å²) in [6, 6.07) is 2.55. The van der Waals surface area contributed by atoms with Gasteiger partial charge in [-0.05, 0) is 26.8 Å². The number of anilines is 1. The predicted octanol–water partition coefficient (Wildman–Crippen LogP) is 2.36. The Bertz CT molecular complexity index is 442. The Kier molecular flexibility index (Phi) is 4.56. The molecule has 0 aliphatic carbocycles. The molecular weight excluding hydrogens is 258 g/mol. The highest BCUT2D eigenvalue weighted by Gasteiger charge is 2.18. The largest absolute Gasteiger partial charge is 0.506 e. The fourth-order valence-corrected chi connectivity index (χ4v) is 1.47. The number of hydrogen-bond donors (Lipinski definition) is 3. The van der Waals surface area contributed by atoms with Gasteiger partial charge in [0.1, 0.15) is 5.75 Å². The molecule has 18 heavy (non-hydrogen) atoms. The second-order valence-corrected chi connectivity index (χ2v) is 5.14. The number of ether oxygens (including phenoxy) is 1. The Morgan fingerprint density at radius 2 is 2.06 bits per heavy atom. The van der Waals surface area contributed by atoms with Crippen LogP contribution in [-0.4, -0.2) is 28.5 Å². The highest BCUT2D eigenvalue weighted by atomic mass is 35.5. The van der Waals surface area contributed by atoms with Gasteiger partial charge in [-0.25, -0.2) is 0 Å². The summed E-state index contributed by atoms with van der Waals surface area (Å²) in [7, 11) is 0. The molecule has 6 heteroatoms. The summed E-state index contributed by atoms with van der Waals surface area (Å²) in [4.78, 5) is 10.9. The number of carbonyl (C=O) groups excluding carboxylic acids is 1. The Hall–Kier alpha value is -1.30. The number of aliphatic hydroxyl groups excluding tert-OH is 1. The summed E-state index contributed by atoms with van der Waals surface area (Å²) in [5.41, 5.74) is -0.0969. The molecule has 0 amide bonds. The third kappa shape index (κ3) is 4.18. The summed E-state index contributed by atoms with van der Waals surface area (Å²) in [5, 5.41) is 21.7. The zero-order valence-corrected chi connectivity index (χ0v) is 11.2. The number of benzene rings is 1. The van der Waals surface area contributed by atoms with E-state index in [1.165, 1.54) is 12.1 Å². The van der Waals surface area contributed by atoms with Gasteiger partial charge in [-0.3, -0.25) is 4.79 Å². The van der Waals surface area contributed by atoms with E-state index in [1.54, 1.807) is 20.8 Å².